The second-order valence-electron chi connectivity index (χ2n) is 6.79. The molecule has 0 spiro atoms. The van der Waals surface area contributed by atoms with Crippen LogP contribution in [0.2, 0.25) is 0 Å². The molecule has 134 valence electrons. The predicted octanol–water partition coefficient (Wildman–Crippen LogP) is 2.78. The third-order valence-corrected chi connectivity index (χ3v) is 5.29. The molecule has 26 heavy (non-hydrogen) atoms. The first-order chi connectivity index (χ1) is 12.7. The van der Waals surface area contributed by atoms with Crippen molar-refractivity contribution in [1.82, 2.24) is 4.90 Å². The van der Waals surface area contributed by atoms with Gasteiger partial charge in [-0.25, -0.2) is 0 Å². The number of carbonyl (C=O) groups excluding carboxylic acids is 2. The van der Waals surface area contributed by atoms with Crippen molar-refractivity contribution in [2.45, 2.75) is 31.8 Å². The molecule has 2 heterocycles. The number of benzene rings is 2. The summed E-state index contributed by atoms with van der Waals surface area (Å²) < 4.78 is 5.18. The Morgan fingerprint density at radius 3 is 2.50 bits per heavy atom. The van der Waals surface area contributed by atoms with E-state index in [4.69, 9.17) is 4.74 Å². The first-order valence-electron chi connectivity index (χ1n) is 8.99. The van der Waals surface area contributed by atoms with Crippen LogP contribution >= 0.6 is 0 Å². The normalized spacial score (nSPS) is 19.4. The molecule has 2 amide bonds. The molecule has 1 saturated heterocycles. The monoisotopic (exact) mass is 350 g/mol. The Bertz CT molecular complexity index is 831. The number of methoxy groups -OCH3 is 1. The lowest BCUT2D eigenvalue weighted by atomic mass is 9.99. The highest BCUT2D eigenvalue weighted by atomic mass is 16.5. The van der Waals surface area contributed by atoms with Gasteiger partial charge in [0.05, 0.1) is 7.11 Å². The van der Waals surface area contributed by atoms with Crippen molar-refractivity contribution in [3.05, 3.63) is 59.7 Å². The van der Waals surface area contributed by atoms with Gasteiger partial charge >= 0.3 is 0 Å². The van der Waals surface area contributed by atoms with Crippen LogP contribution < -0.4 is 9.64 Å². The van der Waals surface area contributed by atoms with Gasteiger partial charge in [0.25, 0.3) is 0 Å². The van der Waals surface area contributed by atoms with Gasteiger partial charge in [-0.05, 0) is 48.2 Å². The summed E-state index contributed by atoms with van der Waals surface area (Å²) in [6.45, 7) is 1.33. The molecule has 4 rings (SSSR count). The van der Waals surface area contributed by atoms with Gasteiger partial charge in [-0.3, -0.25) is 14.5 Å². The molecule has 0 aliphatic carbocycles. The fraction of sp³-hybridized carbons (Fsp3) is 0.333. The SMILES string of the molecule is COc1ccc(N2C(=O)CCC2C(=O)N2CCc3ccccc3C2)cc1. The van der Waals surface area contributed by atoms with E-state index in [2.05, 4.69) is 12.1 Å². The average Bonchev–Trinajstić information content (AvgIpc) is 3.08. The minimum absolute atomic E-state index is 0.00549. The molecule has 2 aromatic carbocycles. The van der Waals surface area contributed by atoms with E-state index < -0.39 is 6.04 Å². The fourth-order valence-corrected chi connectivity index (χ4v) is 3.88. The molecule has 1 atom stereocenters. The van der Waals surface area contributed by atoms with Crippen LogP contribution in [0.5, 0.6) is 5.75 Å². The van der Waals surface area contributed by atoms with Crippen LogP contribution in [-0.2, 0) is 22.6 Å². The second kappa shape index (κ2) is 6.83. The van der Waals surface area contributed by atoms with Crippen LogP contribution in [0.3, 0.4) is 0 Å². The third-order valence-electron chi connectivity index (χ3n) is 5.29. The summed E-state index contributed by atoms with van der Waals surface area (Å²) in [7, 11) is 1.61. The Morgan fingerprint density at radius 2 is 1.77 bits per heavy atom. The number of carbonyl (C=O) groups is 2. The molecule has 2 aliphatic rings. The lowest BCUT2D eigenvalue weighted by Crippen LogP contribution is -2.48. The summed E-state index contributed by atoms with van der Waals surface area (Å²) in [5.74, 6) is 0.781. The van der Waals surface area contributed by atoms with Crippen LogP contribution in [0.4, 0.5) is 5.69 Å². The summed E-state index contributed by atoms with van der Waals surface area (Å²) in [4.78, 5) is 29.2. The van der Waals surface area contributed by atoms with Gasteiger partial charge < -0.3 is 9.64 Å². The van der Waals surface area contributed by atoms with Gasteiger partial charge in [0, 0.05) is 25.2 Å². The molecular formula is C21H22N2O3. The zero-order chi connectivity index (χ0) is 18.1. The summed E-state index contributed by atoms with van der Waals surface area (Å²) in [5, 5.41) is 0. The topological polar surface area (TPSA) is 49.9 Å². The van der Waals surface area contributed by atoms with E-state index >= 15 is 0 Å². The van der Waals surface area contributed by atoms with Crippen molar-refractivity contribution < 1.29 is 14.3 Å². The molecule has 0 radical (unpaired) electrons. The van der Waals surface area contributed by atoms with E-state index in [0.717, 1.165) is 17.9 Å². The number of anilines is 1. The molecule has 0 saturated carbocycles. The Kier molecular flexibility index (Phi) is 4.37. The van der Waals surface area contributed by atoms with Crippen molar-refractivity contribution >= 4 is 17.5 Å². The van der Waals surface area contributed by atoms with E-state index in [9.17, 15) is 9.59 Å². The van der Waals surface area contributed by atoms with Crippen LogP contribution in [0, 0.1) is 0 Å². The maximum absolute atomic E-state index is 13.2. The number of fused-ring (bicyclic) bond motifs is 1. The molecule has 1 fully saturated rings. The zero-order valence-corrected chi connectivity index (χ0v) is 14.9. The quantitative estimate of drug-likeness (QED) is 0.855. The van der Waals surface area contributed by atoms with Crippen molar-refractivity contribution in [3.8, 4) is 5.75 Å². The van der Waals surface area contributed by atoms with Crippen LogP contribution in [0.1, 0.15) is 24.0 Å². The van der Waals surface area contributed by atoms with Crippen molar-refractivity contribution in [3.63, 3.8) is 0 Å². The molecule has 5 heteroatoms. The van der Waals surface area contributed by atoms with Gasteiger partial charge in [0.2, 0.25) is 11.8 Å². The Balaban J connectivity index is 1.55. The smallest absolute Gasteiger partial charge is 0.246 e. The second-order valence-corrected chi connectivity index (χ2v) is 6.79. The number of amides is 2. The molecule has 0 aromatic heterocycles. The highest BCUT2D eigenvalue weighted by molar-refractivity contribution is 6.03. The highest BCUT2D eigenvalue weighted by Gasteiger charge is 2.39. The predicted molar refractivity (Wildman–Crippen MR) is 99.1 cm³/mol. The lowest BCUT2D eigenvalue weighted by Gasteiger charge is -2.33. The standard InChI is InChI=1S/C21H22N2O3/c1-26-18-8-6-17(7-9-18)23-19(10-11-20(23)24)21(25)22-13-12-15-4-2-3-5-16(15)14-22/h2-9,19H,10-14H2,1H3. The van der Waals surface area contributed by atoms with E-state index in [1.807, 2.05) is 41.3 Å². The molecule has 2 aliphatic heterocycles. The summed E-state index contributed by atoms with van der Waals surface area (Å²) >= 11 is 0. The number of nitrogens with zero attached hydrogens (tertiary/aromatic N) is 2. The molecule has 5 nitrogen and oxygen atoms in total. The minimum atomic E-state index is -0.416. The van der Waals surface area contributed by atoms with Gasteiger partial charge in [-0.2, -0.15) is 0 Å². The minimum Gasteiger partial charge on any atom is -0.497 e. The van der Waals surface area contributed by atoms with Gasteiger partial charge in [-0.1, -0.05) is 24.3 Å². The van der Waals surface area contributed by atoms with Crippen molar-refractivity contribution in [2.24, 2.45) is 0 Å². The van der Waals surface area contributed by atoms with Crippen LogP contribution in [0.25, 0.3) is 0 Å². The zero-order valence-electron chi connectivity index (χ0n) is 14.9. The number of ether oxygens (including phenoxy) is 1. The van der Waals surface area contributed by atoms with Crippen molar-refractivity contribution in [1.29, 1.82) is 0 Å². The van der Waals surface area contributed by atoms with E-state index in [-0.39, 0.29) is 11.8 Å². The third kappa shape index (κ3) is 2.94. The average molecular weight is 350 g/mol. The number of rotatable bonds is 3. The lowest BCUT2D eigenvalue weighted by molar-refractivity contribution is -0.134. The van der Waals surface area contributed by atoms with Crippen molar-refractivity contribution in [2.75, 3.05) is 18.6 Å². The first kappa shape index (κ1) is 16.6. The molecule has 1 unspecified atom stereocenters. The van der Waals surface area contributed by atoms with E-state index in [0.29, 0.717) is 25.9 Å². The Morgan fingerprint density at radius 1 is 1.04 bits per heavy atom. The maximum Gasteiger partial charge on any atom is 0.246 e. The summed E-state index contributed by atoms with van der Waals surface area (Å²) in [6, 6.07) is 15.2. The first-order valence-corrected chi connectivity index (χ1v) is 8.99. The number of hydrogen-bond acceptors (Lipinski definition) is 3. The van der Waals surface area contributed by atoms with Gasteiger partial charge in [0.1, 0.15) is 11.8 Å². The summed E-state index contributed by atoms with van der Waals surface area (Å²) in [6.07, 6.45) is 1.85. The van der Waals surface area contributed by atoms with E-state index in [1.165, 1.54) is 11.1 Å². The largest absolute Gasteiger partial charge is 0.497 e. The van der Waals surface area contributed by atoms with E-state index in [1.54, 1.807) is 12.0 Å². The molecule has 0 N–H and O–H groups in total. The number of hydrogen-bond donors (Lipinski definition) is 0. The molecular weight excluding hydrogens is 328 g/mol. The molecule has 2 aromatic rings. The van der Waals surface area contributed by atoms with Gasteiger partial charge in [-0.15, -0.1) is 0 Å². The Labute approximate surface area is 153 Å². The van der Waals surface area contributed by atoms with Gasteiger partial charge in [0.15, 0.2) is 0 Å². The highest BCUT2D eigenvalue weighted by Crippen LogP contribution is 2.30. The molecule has 0 bridgehead atoms. The Hall–Kier alpha value is -2.82. The maximum atomic E-state index is 13.2. The fourth-order valence-electron chi connectivity index (χ4n) is 3.88. The summed E-state index contributed by atoms with van der Waals surface area (Å²) in [5.41, 5.74) is 3.27. The van der Waals surface area contributed by atoms with Crippen LogP contribution in [-0.4, -0.2) is 36.4 Å². The van der Waals surface area contributed by atoms with Crippen LogP contribution in [0.15, 0.2) is 48.5 Å².